The topological polar surface area (TPSA) is 44.5 Å². The van der Waals surface area contributed by atoms with Gasteiger partial charge in [-0.1, -0.05) is 6.07 Å². The molecule has 0 aliphatic carbocycles. The van der Waals surface area contributed by atoms with Crippen molar-refractivity contribution in [2.45, 2.75) is 19.8 Å². The molecule has 0 unspecified atom stereocenters. The van der Waals surface area contributed by atoms with Crippen LogP contribution in [0.4, 0.5) is 0 Å². The van der Waals surface area contributed by atoms with Gasteiger partial charge in [-0.15, -0.1) is 0 Å². The van der Waals surface area contributed by atoms with Gasteiger partial charge in [0.05, 0.1) is 0 Å². The lowest BCUT2D eigenvalue weighted by atomic mass is 10.0. The lowest BCUT2D eigenvalue weighted by Crippen LogP contribution is -2.17. The molecule has 1 aliphatic heterocycles. The first-order valence-electron chi connectivity index (χ1n) is 5.40. The molecule has 0 bridgehead atoms. The third-order valence-corrected chi connectivity index (χ3v) is 2.51. The van der Waals surface area contributed by atoms with Crippen molar-refractivity contribution in [3.8, 4) is 11.5 Å². The zero-order valence-corrected chi connectivity index (χ0v) is 9.08. The third-order valence-electron chi connectivity index (χ3n) is 2.51. The minimum atomic E-state index is 0.645. The van der Waals surface area contributed by atoms with Crippen molar-refractivity contribution in [2.75, 3.05) is 19.8 Å². The van der Waals surface area contributed by atoms with Crippen LogP contribution >= 0.6 is 0 Å². The van der Waals surface area contributed by atoms with Crippen molar-refractivity contribution < 1.29 is 9.47 Å². The van der Waals surface area contributed by atoms with E-state index < -0.39 is 0 Å². The molecule has 3 nitrogen and oxygen atoms in total. The maximum absolute atomic E-state index is 5.64. The van der Waals surface area contributed by atoms with Gasteiger partial charge in [0.15, 0.2) is 11.5 Å². The summed E-state index contributed by atoms with van der Waals surface area (Å²) >= 11 is 0. The SMILES string of the molecule is Cc1cc(CCCN)c2c(c1)OCCO2. The average Bonchev–Trinajstić information content (AvgIpc) is 2.25. The third kappa shape index (κ3) is 2.23. The average molecular weight is 207 g/mol. The van der Waals surface area contributed by atoms with Gasteiger partial charge in [-0.25, -0.2) is 0 Å². The zero-order valence-electron chi connectivity index (χ0n) is 9.08. The molecular weight excluding hydrogens is 190 g/mol. The molecule has 0 saturated heterocycles. The van der Waals surface area contributed by atoms with Crippen LogP contribution in [0.2, 0.25) is 0 Å². The number of hydrogen-bond donors (Lipinski definition) is 1. The summed E-state index contributed by atoms with van der Waals surface area (Å²) in [5.41, 5.74) is 7.95. The summed E-state index contributed by atoms with van der Waals surface area (Å²) in [6.45, 7) is 4.08. The molecule has 15 heavy (non-hydrogen) atoms. The van der Waals surface area contributed by atoms with Crippen LogP contribution in [0.3, 0.4) is 0 Å². The van der Waals surface area contributed by atoms with Crippen molar-refractivity contribution in [1.29, 1.82) is 0 Å². The van der Waals surface area contributed by atoms with Crippen LogP contribution in [-0.4, -0.2) is 19.8 Å². The highest BCUT2D eigenvalue weighted by molar-refractivity contribution is 5.50. The predicted molar refractivity (Wildman–Crippen MR) is 59.5 cm³/mol. The number of aryl methyl sites for hydroxylation is 2. The van der Waals surface area contributed by atoms with Gasteiger partial charge in [-0.2, -0.15) is 0 Å². The number of nitrogens with two attached hydrogens (primary N) is 1. The Hall–Kier alpha value is -1.22. The molecule has 0 amide bonds. The van der Waals surface area contributed by atoms with Gasteiger partial charge in [0, 0.05) is 0 Å². The van der Waals surface area contributed by atoms with Gasteiger partial charge < -0.3 is 15.2 Å². The molecule has 82 valence electrons. The van der Waals surface area contributed by atoms with E-state index in [1.807, 2.05) is 6.07 Å². The molecule has 0 atom stereocenters. The molecule has 1 aromatic carbocycles. The van der Waals surface area contributed by atoms with Crippen LogP contribution < -0.4 is 15.2 Å². The first kappa shape index (κ1) is 10.3. The smallest absolute Gasteiger partial charge is 0.164 e. The summed E-state index contributed by atoms with van der Waals surface area (Å²) in [6, 6.07) is 4.18. The highest BCUT2D eigenvalue weighted by Gasteiger charge is 2.16. The monoisotopic (exact) mass is 207 g/mol. The predicted octanol–water partition coefficient (Wildman–Crippen LogP) is 1.66. The molecule has 0 saturated carbocycles. The fourth-order valence-corrected chi connectivity index (χ4v) is 1.86. The minimum absolute atomic E-state index is 0.645. The van der Waals surface area contributed by atoms with Crippen LogP contribution in [-0.2, 0) is 6.42 Å². The van der Waals surface area contributed by atoms with E-state index >= 15 is 0 Å². The second kappa shape index (κ2) is 4.53. The first-order valence-corrected chi connectivity index (χ1v) is 5.40. The summed E-state index contributed by atoms with van der Waals surface area (Å²) < 4.78 is 11.2. The highest BCUT2D eigenvalue weighted by Crippen LogP contribution is 2.35. The van der Waals surface area contributed by atoms with E-state index in [0.29, 0.717) is 19.8 Å². The molecule has 1 aliphatic rings. The van der Waals surface area contributed by atoms with Crippen molar-refractivity contribution in [3.05, 3.63) is 23.3 Å². The van der Waals surface area contributed by atoms with Gasteiger partial charge in [0.25, 0.3) is 0 Å². The fourth-order valence-electron chi connectivity index (χ4n) is 1.86. The maximum atomic E-state index is 5.64. The van der Waals surface area contributed by atoms with Crippen molar-refractivity contribution in [3.63, 3.8) is 0 Å². The van der Waals surface area contributed by atoms with E-state index in [9.17, 15) is 0 Å². The first-order chi connectivity index (χ1) is 7.31. The Morgan fingerprint density at radius 2 is 2.07 bits per heavy atom. The summed E-state index contributed by atoms with van der Waals surface area (Å²) in [7, 11) is 0. The van der Waals surface area contributed by atoms with Crippen molar-refractivity contribution in [2.24, 2.45) is 5.73 Å². The van der Waals surface area contributed by atoms with Gasteiger partial charge in [-0.3, -0.25) is 0 Å². The number of ether oxygens (including phenoxy) is 2. The molecule has 1 aromatic rings. The lowest BCUT2D eigenvalue weighted by Gasteiger charge is -2.21. The Labute approximate surface area is 90.2 Å². The number of rotatable bonds is 3. The summed E-state index contributed by atoms with van der Waals surface area (Å²) in [5.74, 6) is 1.80. The molecule has 0 fully saturated rings. The van der Waals surface area contributed by atoms with E-state index in [2.05, 4.69) is 13.0 Å². The molecule has 2 N–H and O–H groups in total. The van der Waals surface area contributed by atoms with Gasteiger partial charge >= 0.3 is 0 Å². The summed E-state index contributed by atoms with van der Waals surface area (Å²) in [5, 5.41) is 0. The van der Waals surface area contributed by atoms with Crippen LogP contribution in [0.25, 0.3) is 0 Å². The van der Waals surface area contributed by atoms with Crippen LogP contribution in [0.1, 0.15) is 17.5 Å². The van der Waals surface area contributed by atoms with Crippen LogP contribution in [0, 0.1) is 6.92 Å². The second-order valence-electron chi connectivity index (χ2n) is 3.84. The molecule has 2 rings (SSSR count). The largest absolute Gasteiger partial charge is 0.486 e. The standard InChI is InChI=1S/C12H17NO2/c1-9-7-10(3-2-4-13)12-11(8-9)14-5-6-15-12/h7-8H,2-6,13H2,1H3. The number of fused-ring (bicyclic) bond motifs is 1. The van der Waals surface area contributed by atoms with Gasteiger partial charge in [0.2, 0.25) is 0 Å². The zero-order chi connectivity index (χ0) is 10.7. The summed E-state index contributed by atoms with van der Waals surface area (Å²) in [4.78, 5) is 0. The van der Waals surface area contributed by atoms with Gasteiger partial charge in [0.1, 0.15) is 13.2 Å². The summed E-state index contributed by atoms with van der Waals surface area (Å²) in [6.07, 6.45) is 1.95. The Morgan fingerprint density at radius 1 is 1.27 bits per heavy atom. The Bertz CT molecular complexity index is 350. The Balaban J connectivity index is 2.30. The lowest BCUT2D eigenvalue weighted by molar-refractivity contribution is 0.169. The molecule has 3 heteroatoms. The van der Waals surface area contributed by atoms with E-state index in [-0.39, 0.29) is 0 Å². The molecule has 0 aromatic heterocycles. The van der Waals surface area contributed by atoms with E-state index in [0.717, 1.165) is 24.3 Å². The molecule has 0 spiro atoms. The fraction of sp³-hybridized carbons (Fsp3) is 0.500. The molecule has 1 heterocycles. The van der Waals surface area contributed by atoms with E-state index in [1.54, 1.807) is 0 Å². The van der Waals surface area contributed by atoms with Crippen LogP contribution in [0.5, 0.6) is 11.5 Å². The number of benzene rings is 1. The minimum Gasteiger partial charge on any atom is -0.486 e. The highest BCUT2D eigenvalue weighted by atomic mass is 16.6. The second-order valence-corrected chi connectivity index (χ2v) is 3.84. The Kier molecular flexibility index (Phi) is 3.11. The van der Waals surface area contributed by atoms with Crippen molar-refractivity contribution in [1.82, 2.24) is 0 Å². The van der Waals surface area contributed by atoms with Gasteiger partial charge in [-0.05, 0) is 43.5 Å². The number of hydrogen-bond acceptors (Lipinski definition) is 3. The normalized spacial score (nSPS) is 14.0. The van der Waals surface area contributed by atoms with E-state index in [1.165, 1.54) is 11.1 Å². The molecular formula is C12H17NO2. The Morgan fingerprint density at radius 3 is 2.87 bits per heavy atom. The quantitative estimate of drug-likeness (QED) is 0.819. The van der Waals surface area contributed by atoms with E-state index in [4.69, 9.17) is 15.2 Å². The van der Waals surface area contributed by atoms with Crippen molar-refractivity contribution >= 4 is 0 Å². The molecule has 0 radical (unpaired) electrons. The van der Waals surface area contributed by atoms with Crippen LogP contribution in [0.15, 0.2) is 12.1 Å². The maximum Gasteiger partial charge on any atom is 0.164 e.